The molecule has 1 N–H and O–H groups in total. The number of piperazine rings is 1. The van der Waals surface area contributed by atoms with E-state index in [1.807, 2.05) is 30.5 Å². The molecule has 2 rings (SSSR count). The molecule has 1 aliphatic rings. The highest BCUT2D eigenvalue weighted by Gasteiger charge is 2.21. The Balaban J connectivity index is 2.04. The third-order valence-corrected chi connectivity index (χ3v) is 3.76. The summed E-state index contributed by atoms with van der Waals surface area (Å²) in [5.41, 5.74) is 1.03. The van der Waals surface area contributed by atoms with E-state index in [4.69, 9.17) is 0 Å². The fourth-order valence-electron chi connectivity index (χ4n) is 1.98. The molecule has 5 heteroatoms. The van der Waals surface area contributed by atoms with Gasteiger partial charge in [0.2, 0.25) is 11.8 Å². The smallest absolute Gasteiger partial charge is 0.239 e. The van der Waals surface area contributed by atoms with Gasteiger partial charge in [-0.05, 0) is 17.9 Å². The fourth-order valence-corrected chi connectivity index (χ4v) is 2.59. The number of nitrogens with one attached hydrogen (secondary N) is 1. The van der Waals surface area contributed by atoms with Crippen LogP contribution in [-0.4, -0.2) is 42.6 Å². The first-order valence-electron chi connectivity index (χ1n) is 5.87. The largest absolute Gasteiger partial charge is 0.353 e. The fraction of sp³-hybridized carbons (Fsp3) is 0.385. The monoisotopic (exact) mass is 264 g/mol. The van der Waals surface area contributed by atoms with E-state index in [9.17, 15) is 9.59 Å². The summed E-state index contributed by atoms with van der Waals surface area (Å²) in [6.07, 6.45) is 2.36. The zero-order chi connectivity index (χ0) is 13.0. The summed E-state index contributed by atoms with van der Waals surface area (Å²) < 4.78 is 0. The number of amides is 2. The summed E-state index contributed by atoms with van der Waals surface area (Å²) in [7, 11) is 0. The van der Waals surface area contributed by atoms with Gasteiger partial charge in [0, 0.05) is 18.0 Å². The molecular formula is C13H16N2O2S. The molecule has 2 amide bonds. The van der Waals surface area contributed by atoms with Gasteiger partial charge < -0.3 is 10.2 Å². The first-order valence-corrected chi connectivity index (χ1v) is 7.09. The van der Waals surface area contributed by atoms with Crippen LogP contribution in [0.5, 0.6) is 0 Å². The number of hydrogen-bond donors (Lipinski definition) is 1. The predicted molar refractivity (Wildman–Crippen MR) is 71.5 cm³/mol. The first-order chi connectivity index (χ1) is 8.70. The van der Waals surface area contributed by atoms with Gasteiger partial charge in [-0.1, -0.05) is 18.2 Å². The van der Waals surface area contributed by atoms with Gasteiger partial charge in [0.05, 0.1) is 13.0 Å². The standard InChI is InChI=1S/C13H16N2O2S/c1-18-11-5-3-2-4-10(11)8-13(17)15-7-6-14-12(16)9-15/h2-5H,6-9H2,1H3,(H,14,16). The topological polar surface area (TPSA) is 49.4 Å². The van der Waals surface area contributed by atoms with Crippen molar-refractivity contribution in [2.45, 2.75) is 11.3 Å². The Bertz CT molecular complexity index is 462. The van der Waals surface area contributed by atoms with Crippen LogP contribution < -0.4 is 5.32 Å². The maximum Gasteiger partial charge on any atom is 0.239 e. The van der Waals surface area contributed by atoms with Crippen LogP contribution in [0.4, 0.5) is 0 Å². The number of hydrogen-bond acceptors (Lipinski definition) is 3. The van der Waals surface area contributed by atoms with Crippen molar-refractivity contribution in [2.24, 2.45) is 0 Å². The molecule has 1 aromatic carbocycles. The van der Waals surface area contributed by atoms with E-state index in [1.54, 1.807) is 16.7 Å². The Morgan fingerprint density at radius 3 is 2.94 bits per heavy atom. The van der Waals surface area contributed by atoms with Crippen LogP contribution in [-0.2, 0) is 16.0 Å². The van der Waals surface area contributed by atoms with Gasteiger partial charge in [-0.15, -0.1) is 11.8 Å². The van der Waals surface area contributed by atoms with E-state index in [1.165, 1.54) is 0 Å². The molecule has 96 valence electrons. The molecule has 0 atom stereocenters. The highest BCUT2D eigenvalue weighted by Crippen LogP contribution is 2.20. The average molecular weight is 264 g/mol. The summed E-state index contributed by atoms with van der Waals surface area (Å²) >= 11 is 1.63. The minimum absolute atomic E-state index is 0.0198. The Morgan fingerprint density at radius 1 is 1.44 bits per heavy atom. The molecule has 1 heterocycles. The van der Waals surface area contributed by atoms with Gasteiger partial charge in [0.15, 0.2) is 0 Å². The Kier molecular flexibility index (Phi) is 4.25. The lowest BCUT2D eigenvalue weighted by Gasteiger charge is -2.26. The second-order valence-corrected chi connectivity index (χ2v) is 5.00. The van der Waals surface area contributed by atoms with E-state index in [0.717, 1.165) is 10.5 Å². The maximum atomic E-state index is 12.1. The van der Waals surface area contributed by atoms with Crippen LogP contribution in [0.25, 0.3) is 0 Å². The van der Waals surface area contributed by atoms with Crippen LogP contribution in [0.3, 0.4) is 0 Å². The second-order valence-electron chi connectivity index (χ2n) is 4.15. The molecule has 0 aliphatic carbocycles. The molecule has 0 radical (unpaired) electrons. The SMILES string of the molecule is CSc1ccccc1CC(=O)N1CCNC(=O)C1. The molecule has 0 saturated carbocycles. The third kappa shape index (κ3) is 3.04. The summed E-state index contributed by atoms with van der Waals surface area (Å²) in [6.45, 7) is 1.33. The quantitative estimate of drug-likeness (QED) is 0.826. The summed E-state index contributed by atoms with van der Waals surface area (Å²) in [6, 6.07) is 7.88. The Morgan fingerprint density at radius 2 is 2.22 bits per heavy atom. The molecule has 18 heavy (non-hydrogen) atoms. The summed E-state index contributed by atoms with van der Waals surface area (Å²) in [5.74, 6) is -0.0564. The van der Waals surface area contributed by atoms with Crippen LogP contribution >= 0.6 is 11.8 Å². The molecule has 4 nitrogen and oxygen atoms in total. The van der Waals surface area contributed by atoms with E-state index in [-0.39, 0.29) is 18.4 Å². The molecule has 0 bridgehead atoms. The molecule has 1 aliphatic heterocycles. The highest BCUT2D eigenvalue weighted by molar-refractivity contribution is 7.98. The minimum Gasteiger partial charge on any atom is -0.353 e. The number of carbonyl (C=O) groups is 2. The Labute approximate surface area is 111 Å². The zero-order valence-corrected chi connectivity index (χ0v) is 11.1. The van der Waals surface area contributed by atoms with E-state index in [2.05, 4.69) is 5.32 Å². The number of nitrogens with zero attached hydrogens (tertiary/aromatic N) is 1. The van der Waals surface area contributed by atoms with Crippen molar-refractivity contribution < 1.29 is 9.59 Å². The van der Waals surface area contributed by atoms with E-state index in [0.29, 0.717) is 19.5 Å². The van der Waals surface area contributed by atoms with Crippen molar-refractivity contribution >= 4 is 23.6 Å². The van der Waals surface area contributed by atoms with Gasteiger partial charge in [0.25, 0.3) is 0 Å². The van der Waals surface area contributed by atoms with Gasteiger partial charge in [-0.2, -0.15) is 0 Å². The molecule has 1 aromatic rings. The average Bonchev–Trinajstić information content (AvgIpc) is 2.39. The van der Waals surface area contributed by atoms with Crippen molar-refractivity contribution in [1.82, 2.24) is 10.2 Å². The van der Waals surface area contributed by atoms with Gasteiger partial charge in [-0.3, -0.25) is 9.59 Å². The molecule has 0 aromatic heterocycles. The van der Waals surface area contributed by atoms with Crippen molar-refractivity contribution in [1.29, 1.82) is 0 Å². The normalized spacial score (nSPS) is 15.4. The van der Waals surface area contributed by atoms with Crippen LogP contribution in [0.15, 0.2) is 29.2 Å². The molecule has 1 saturated heterocycles. The van der Waals surface area contributed by atoms with E-state index < -0.39 is 0 Å². The van der Waals surface area contributed by atoms with Crippen molar-refractivity contribution in [2.75, 3.05) is 25.9 Å². The highest BCUT2D eigenvalue weighted by atomic mass is 32.2. The lowest BCUT2D eigenvalue weighted by atomic mass is 10.1. The van der Waals surface area contributed by atoms with Crippen molar-refractivity contribution in [3.63, 3.8) is 0 Å². The molecule has 0 spiro atoms. The number of rotatable bonds is 3. The van der Waals surface area contributed by atoms with Crippen LogP contribution in [0.2, 0.25) is 0 Å². The molecule has 1 fully saturated rings. The lowest BCUT2D eigenvalue weighted by molar-refractivity contribution is -0.137. The molecular weight excluding hydrogens is 248 g/mol. The van der Waals surface area contributed by atoms with Gasteiger partial charge in [-0.25, -0.2) is 0 Å². The van der Waals surface area contributed by atoms with Crippen molar-refractivity contribution in [3.05, 3.63) is 29.8 Å². The second kappa shape index (κ2) is 5.91. The van der Waals surface area contributed by atoms with Crippen LogP contribution in [0.1, 0.15) is 5.56 Å². The van der Waals surface area contributed by atoms with Gasteiger partial charge >= 0.3 is 0 Å². The molecule has 0 unspecified atom stereocenters. The zero-order valence-electron chi connectivity index (χ0n) is 10.3. The summed E-state index contributed by atoms with van der Waals surface area (Å²) in [4.78, 5) is 26.1. The first kappa shape index (κ1) is 13.0. The number of benzene rings is 1. The van der Waals surface area contributed by atoms with Crippen LogP contribution in [0, 0.1) is 0 Å². The maximum absolute atomic E-state index is 12.1. The van der Waals surface area contributed by atoms with E-state index >= 15 is 0 Å². The Hall–Kier alpha value is -1.49. The number of carbonyl (C=O) groups excluding carboxylic acids is 2. The third-order valence-electron chi connectivity index (χ3n) is 2.93. The lowest BCUT2D eigenvalue weighted by Crippen LogP contribution is -2.50. The predicted octanol–water partition coefficient (Wildman–Crippen LogP) is 0.909. The van der Waals surface area contributed by atoms with Gasteiger partial charge in [0.1, 0.15) is 0 Å². The van der Waals surface area contributed by atoms with Crippen molar-refractivity contribution in [3.8, 4) is 0 Å². The summed E-state index contributed by atoms with van der Waals surface area (Å²) in [5, 5.41) is 2.72. The minimum atomic E-state index is -0.0762. The number of thioether (sulfide) groups is 1.